The van der Waals surface area contributed by atoms with E-state index in [9.17, 15) is 9.59 Å². The maximum absolute atomic E-state index is 12.6. The first-order valence-corrected chi connectivity index (χ1v) is 8.93. The van der Waals surface area contributed by atoms with Gasteiger partial charge < -0.3 is 9.80 Å². The second-order valence-corrected chi connectivity index (χ2v) is 7.00. The normalized spacial score (nSPS) is 22.4. The third-order valence-corrected chi connectivity index (χ3v) is 5.20. The summed E-state index contributed by atoms with van der Waals surface area (Å²) in [5.41, 5.74) is 1.13. The molecule has 0 aromatic carbocycles. The third-order valence-electron chi connectivity index (χ3n) is 4.26. The van der Waals surface area contributed by atoms with Crippen molar-refractivity contribution in [2.24, 2.45) is 0 Å². The van der Waals surface area contributed by atoms with Crippen molar-refractivity contribution in [3.05, 3.63) is 18.0 Å². The number of amides is 2. The maximum Gasteiger partial charge on any atom is 0.242 e. The highest BCUT2D eigenvalue weighted by atomic mass is 32.2. The van der Waals surface area contributed by atoms with Crippen molar-refractivity contribution in [3.8, 4) is 0 Å². The zero-order chi connectivity index (χ0) is 15.5. The van der Waals surface area contributed by atoms with Gasteiger partial charge in [0, 0.05) is 12.7 Å². The molecule has 2 aliphatic heterocycles. The molecule has 0 radical (unpaired) electrons. The van der Waals surface area contributed by atoms with Crippen LogP contribution in [0.15, 0.2) is 12.4 Å². The highest BCUT2D eigenvalue weighted by molar-refractivity contribution is 8.00. The molecule has 1 aromatic rings. The molecule has 1 atom stereocenters. The molecule has 3 heterocycles. The molecule has 3 rings (SSSR count). The smallest absolute Gasteiger partial charge is 0.242 e. The topological polar surface area (TPSA) is 58.4 Å². The van der Waals surface area contributed by atoms with Crippen molar-refractivity contribution < 1.29 is 9.59 Å². The molecule has 7 heteroatoms. The second kappa shape index (κ2) is 6.73. The summed E-state index contributed by atoms with van der Waals surface area (Å²) >= 11 is 1.58. The summed E-state index contributed by atoms with van der Waals surface area (Å²) in [7, 11) is 0. The van der Waals surface area contributed by atoms with Crippen molar-refractivity contribution in [2.45, 2.75) is 38.8 Å². The van der Waals surface area contributed by atoms with Crippen LogP contribution in [0.4, 0.5) is 0 Å². The minimum atomic E-state index is 0.0735. The molecule has 0 bridgehead atoms. The first-order chi connectivity index (χ1) is 10.6. The van der Waals surface area contributed by atoms with Crippen LogP contribution < -0.4 is 0 Å². The van der Waals surface area contributed by atoms with Gasteiger partial charge in [0.1, 0.15) is 6.54 Å². The van der Waals surface area contributed by atoms with Gasteiger partial charge in [-0.05, 0) is 31.7 Å². The molecule has 22 heavy (non-hydrogen) atoms. The van der Waals surface area contributed by atoms with E-state index in [0.29, 0.717) is 11.6 Å². The number of likely N-dealkylation sites (tertiary alicyclic amines) is 1. The number of piperidine rings is 1. The van der Waals surface area contributed by atoms with E-state index in [0.717, 1.165) is 37.9 Å². The molecule has 2 fully saturated rings. The van der Waals surface area contributed by atoms with Crippen LogP contribution >= 0.6 is 11.8 Å². The average molecular weight is 322 g/mol. The lowest BCUT2D eigenvalue weighted by Gasteiger charge is -2.36. The highest BCUT2D eigenvalue weighted by Gasteiger charge is 2.30. The summed E-state index contributed by atoms with van der Waals surface area (Å²) in [6.45, 7) is 3.77. The van der Waals surface area contributed by atoms with Crippen LogP contribution in [0.3, 0.4) is 0 Å². The summed E-state index contributed by atoms with van der Waals surface area (Å²) in [4.78, 5) is 27.9. The summed E-state index contributed by atoms with van der Waals surface area (Å²) in [6.07, 6.45) is 7.05. The monoisotopic (exact) mass is 322 g/mol. The predicted molar refractivity (Wildman–Crippen MR) is 85.4 cm³/mol. The first kappa shape index (κ1) is 15.4. The fourth-order valence-corrected chi connectivity index (χ4v) is 4.00. The molecule has 0 spiro atoms. The van der Waals surface area contributed by atoms with Gasteiger partial charge >= 0.3 is 0 Å². The number of rotatable bonds is 4. The Balaban J connectivity index is 1.63. The van der Waals surface area contributed by atoms with Gasteiger partial charge in [-0.2, -0.15) is 5.10 Å². The van der Waals surface area contributed by atoms with Gasteiger partial charge in [0.15, 0.2) is 0 Å². The van der Waals surface area contributed by atoms with E-state index in [4.69, 9.17) is 0 Å². The van der Waals surface area contributed by atoms with Gasteiger partial charge in [-0.25, -0.2) is 0 Å². The molecular weight excluding hydrogens is 300 g/mol. The second-order valence-electron chi connectivity index (χ2n) is 6.05. The predicted octanol–water partition coefficient (Wildman–Crippen LogP) is 1.11. The van der Waals surface area contributed by atoms with Crippen LogP contribution in [-0.2, 0) is 16.1 Å². The van der Waals surface area contributed by atoms with Gasteiger partial charge in [-0.1, -0.05) is 0 Å². The lowest BCUT2D eigenvalue weighted by Crippen LogP contribution is -2.49. The molecule has 1 aromatic heterocycles. The zero-order valence-electron chi connectivity index (χ0n) is 12.9. The molecule has 2 saturated heterocycles. The lowest BCUT2D eigenvalue weighted by molar-refractivity contribution is -0.140. The highest BCUT2D eigenvalue weighted by Crippen LogP contribution is 2.21. The Morgan fingerprint density at radius 3 is 3.00 bits per heavy atom. The quantitative estimate of drug-likeness (QED) is 0.833. The Labute approximate surface area is 134 Å². The van der Waals surface area contributed by atoms with Crippen molar-refractivity contribution in [3.63, 3.8) is 0 Å². The molecule has 0 aliphatic carbocycles. The van der Waals surface area contributed by atoms with Crippen molar-refractivity contribution in [1.82, 2.24) is 19.6 Å². The summed E-state index contributed by atoms with van der Waals surface area (Å²) in [6, 6.07) is 0.186. The van der Waals surface area contributed by atoms with Gasteiger partial charge in [-0.3, -0.25) is 14.3 Å². The molecule has 2 aliphatic rings. The molecule has 120 valence electrons. The number of aromatic nitrogens is 2. The van der Waals surface area contributed by atoms with E-state index in [-0.39, 0.29) is 24.4 Å². The van der Waals surface area contributed by atoms with E-state index in [1.54, 1.807) is 16.7 Å². The summed E-state index contributed by atoms with van der Waals surface area (Å²) in [5.74, 6) is 1.30. The fourth-order valence-electron chi connectivity index (χ4n) is 3.10. The summed E-state index contributed by atoms with van der Waals surface area (Å²) in [5, 5.41) is 4.33. The number of hydrogen-bond donors (Lipinski definition) is 0. The standard InChI is InChI=1S/C15H22N4O2S/c1-12-6-16-18(7-12)8-13-4-2-3-5-19(13)14(20)9-17-11-22-10-15(17)21/h6-7,13H,2-5,8-11H2,1H3/t13-/m1/s1. The maximum atomic E-state index is 12.6. The van der Waals surface area contributed by atoms with Crippen LogP contribution in [0.5, 0.6) is 0 Å². The van der Waals surface area contributed by atoms with E-state index in [2.05, 4.69) is 5.10 Å². The number of carbonyl (C=O) groups excluding carboxylic acids is 2. The molecular formula is C15H22N4O2S. The Morgan fingerprint density at radius 2 is 2.32 bits per heavy atom. The van der Waals surface area contributed by atoms with Crippen molar-refractivity contribution in [2.75, 3.05) is 24.7 Å². The van der Waals surface area contributed by atoms with Gasteiger partial charge in [0.05, 0.1) is 30.4 Å². The molecule has 6 nitrogen and oxygen atoms in total. The van der Waals surface area contributed by atoms with E-state index < -0.39 is 0 Å². The minimum Gasteiger partial charge on any atom is -0.336 e. The van der Waals surface area contributed by atoms with E-state index in [1.165, 1.54) is 0 Å². The largest absolute Gasteiger partial charge is 0.336 e. The van der Waals surface area contributed by atoms with Crippen LogP contribution in [0, 0.1) is 6.92 Å². The molecule has 2 amide bonds. The fraction of sp³-hybridized carbons (Fsp3) is 0.667. The molecule has 0 saturated carbocycles. The number of hydrogen-bond acceptors (Lipinski definition) is 4. The first-order valence-electron chi connectivity index (χ1n) is 7.77. The number of nitrogens with zero attached hydrogens (tertiary/aromatic N) is 4. The SMILES string of the molecule is Cc1cnn(C[C@H]2CCCCN2C(=O)CN2CSCC2=O)c1. The van der Waals surface area contributed by atoms with E-state index >= 15 is 0 Å². The zero-order valence-corrected chi connectivity index (χ0v) is 13.7. The minimum absolute atomic E-state index is 0.0735. The summed E-state index contributed by atoms with van der Waals surface area (Å²) < 4.78 is 1.92. The van der Waals surface area contributed by atoms with Gasteiger partial charge in [0.2, 0.25) is 11.8 Å². The lowest BCUT2D eigenvalue weighted by atomic mass is 10.0. The van der Waals surface area contributed by atoms with Crippen LogP contribution in [-0.4, -0.2) is 62.2 Å². The number of aryl methyl sites for hydroxylation is 1. The number of carbonyl (C=O) groups is 2. The van der Waals surface area contributed by atoms with Gasteiger partial charge in [-0.15, -0.1) is 11.8 Å². The van der Waals surface area contributed by atoms with Crippen LogP contribution in [0.2, 0.25) is 0 Å². The van der Waals surface area contributed by atoms with Crippen LogP contribution in [0.25, 0.3) is 0 Å². The van der Waals surface area contributed by atoms with Crippen molar-refractivity contribution >= 4 is 23.6 Å². The van der Waals surface area contributed by atoms with Crippen molar-refractivity contribution in [1.29, 1.82) is 0 Å². The Bertz CT molecular complexity index is 559. The number of thioether (sulfide) groups is 1. The average Bonchev–Trinajstić information content (AvgIpc) is 3.09. The Hall–Kier alpha value is -1.50. The van der Waals surface area contributed by atoms with Gasteiger partial charge in [0.25, 0.3) is 0 Å². The third kappa shape index (κ3) is 3.45. The molecule has 0 N–H and O–H groups in total. The van der Waals surface area contributed by atoms with Crippen LogP contribution in [0.1, 0.15) is 24.8 Å². The Morgan fingerprint density at radius 1 is 1.45 bits per heavy atom. The van der Waals surface area contributed by atoms with E-state index in [1.807, 2.05) is 28.9 Å². The Kier molecular flexibility index (Phi) is 4.71. The molecule has 0 unspecified atom stereocenters.